The number of nitrogens with one attached hydrogen (secondary N) is 1. The van der Waals surface area contributed by atoms with Crippen molar-refractivity contribution in [2.24, 2.45) is 0 Å². The zero-order chi connectivity index (χ0) is 13.8. The van der Waals surface area contributed by atoms with Crippen LogP contribution < -0.4 is 5.32 Å². The van der Waals surface area contributed by atoms with E-state index in [0.29, 0.717) is 16.9 Å². The fourth-order valence-electron chi connectivity index (χ4n) is 1.67. The molecule has 0 atom stereocenters. The molecule has 5 nitrogen and oxygen atoms in total. The van der Waals surface area contributed by atoms with Crippen molar-refractivity contribution in [3.63, 3.8) is 0 Å². The summed E-state index contributed by atoms with van der Waals surface area (Å²) in [6.45, 7) is 1.68. The van der Waals surface area contributed by atoms with E-state index in [9.17, 15) is 9.59 Å². The number of carboxylic acids is 1. The van der Waals surface area contributed by atoms with Crippen molar-refractivity contribution in [1.29, 1.82) is 0 Å². The highest BCUT2D eigenvalue weighted by molar-refractivity contribution is 6.03. The molecule has 2 N–H and O–H groups in total. The maximum Gasteiger partial charge on any atom is 0.335 e. The van der Waals surface area contributed by atoms with Gasteiger partial charge in [0.2, 0.25) is 0 Å². The van der Waals surface area contributed by atoms with Crippen LogP contribution in [0.5, 0.6) is 0 Å². The number of amides is 1. The van der Waals surface area contributed by atoms with Gasteiger partial charge < -0.3 is 10.4 Å². The first-order chi connectivity index (χ1) is 9.08. The Morgan fingerprint density at radius 2 is 2.00 bits per heavy atom. The number of carbonyl (C=O) groups is 2. The van der Waals surface area contributed by atoms with E-state index < -0.39 is 5.97 Å². The molecule has 0 spiro atoms. The van der Waals surface area contributed by atoms with E-state index in [1.54, 1.807) is 37.3 Å². The number of aromatic nitrogens is 1. The van der Waals surface area contributed by atoms with Crippen molar-refractivity contribution >= 4 is 17.6 Å². The first kappa shape index (κ1) is 12.8. The smallest absolute Gasteiger partial charge is 0.335 e. The number of nitrogens with zero attached hydrogens (tertiary/aromatic N) is 1. The molecule has 1 heterocycles. The molecule has 5 heteroatoms. The van der Waals surface area contributed by atoms with Crippen molar-refractivity contribution in [2.75, 3.05) is 5.32 Å². The molecule has 96 valence electrons. The zero-order valence-corrected chi connectivity index (χ0v) is 10.3. The number of aromatic carboxylic acids is 1. The number of carbonyl (C=O) groups excluding carboxylic acids is 1. The van der Waals surface area contributed by atoms with Crippen LogP contribution in [-0.2, 0) is 0 Å². The van der Waals surface area contributed by atoms with Gasteiger partial charge in [-0.1, -0.05) is 6.07 Å². The van der Waals surface area contributed by atoms with Gasteiger partial charge in [0, 0.05) is 11.9 Å². The van der Waals surface area contributed by atoms with E-state index in [-0.39, 0.29) is 11.5 Å². The predicted octanol–water partition coefficient (Wildman–Crippen LogP) is 2.34. The van der Waals surface area contributed by atoms with Gasteiger partial charge in [-0.2, -0.15) is 0 Å². The summed E-state index contributed by atoms with van der Waals surface area (Å²) in [4.78, 5) is 26.7. The number of rotatable bonds is 3. The monoisotopic (exact) mass is 256 g/mol. The van der Waals surface area contributed by atoms with E-state index in [1.165, 1.54) is 12.3 Å². The molecular formula is C14H12N2O3. The molecule has 0 unspecified atom stereocenters. The van der Waals surface area contributed by atoms with Gasteiger partial charge in [0.1, 0.15) is 5.69 Å². The molecule has 0 aliphatic heterocycles. The number of hydrogen-bond donors (Lipinski definition) is 2. The Labute approximate surface area is 109 Å². The van der Waals surface area contributed by atoms with Crippen LogP contribution >= 0.6 is 0 Å². The van der Waals surface area contributed by atoms with Gasteiger partial charge in [-0.15, -0.1) is 0 Å². The topological polar surface area (TPSA) is 79.3 Å². The van der Waals surface area contributed by atoms with Crippen molar-refractivity contribution in [2.45, 2.75) is 6.92 Å². The first-order valence-electron chi connectivity index (χ1n) is 5.64. The molecule has 0 fully saturated rings. The standard InChI is InChI=1S/C14H12N2O3/c1-9-8-10(5-6-11(9)14(18)19)16-13(17)12-4-2-3-7-15-12/h2-8H,1H3,(H,16,17)(H,18,19). The third-order valence-electron chi connectivity index (χ3n) is 2.61. The van der Waals surface area contributed by atoms with Gasteiger partial charge in [0.25, 0.3) is 5.91 Å². The molecule has 1 aromatic carbocycles. The summed E-state index contributed by atoms with van der Waals surface area (Å²) < 4.78 is 0. The van der Waals surface area contributed by atoms with Gasteiger partial charge in [-0.05, 0) is 42.8 Å². The van der Waals surface area contributed by atoms with Crippen LogP contribution in [0.4, 0.5) is 5.69 Å². The Morgan fingerprint density at radius 1 is 1.21 bits per heavy atom. The molecule has 0 saturated heterocycles. The molecule has 0 bridgehead atoms. The Morgan fingerprint density at radius 3 is 2.58 bits per heavy atom. The fourth-order valence-corrected chi connectivity index (χ4v) is 1.67. The molecular weight excluding hydrogens is 244 g/mol. The van der Waals surface area contributed by atoms with E-state index in [1.807, 2.05) is 0 Å². The SMILES string of the molecule is Cc1cc(NC(=O)c2ccccn2)ccc1C(=O)O. The van der Waals surface area contributed by atoms with Crippen LogP contribution in [0.1, 0.15) is 26.4 Å². The average molecular weight is 256 g/mol. The summed E-state index contributed by atoms with van der Waals surface area (Å²) in [6.07, 6.45) is 1.54. The third kappa shape index (κ3) is 2.95. The van der Waals surface area contributed by atoms with Crippen LogP contribution in [0.3, 0.4) is 0 Å². The summed E-state index contributed by atoms with van der Waals surface area (Å²) in [5.74, 6) is -1.32. The number of pyridine rings is 1. The normalized spacial score (nSPS) is 9.95. The van der Waals surface area contributed by atoms with E-state index in [2.05, 4.69) is 10.3 Å². The molecule has 0 aliphatic carbocycles. The minimum Gasteiger partial charge on any atom is -0.478 e. The second kappa shape index (κ2) is 5.30. The highest BCUT2D eigenvalue weighted by atomic mass is 16.4. The van der Waals surface area contributed by atoms with Crippen molar-refractivity contribution < 1.29 is 14.7 Å². The molecule has 0 radical (unpaired) electrons. The number of carboxylic acid groups (broad SMARTS) is 1. The largest absolute Gasteiger partial charge is 0.478 e. The molecule has 1 aromatic heterocycles. The van der Waals surface area contributed by atoms with Crippen LogP contribution in [0.25, 0.3) is 0 Å². The molecule has 0 aliphatic rings. The van der Waals surface area contributed by atoms with Gasteiger partial charge >= 0.3 is 5.97 Å². The lowest BCUT2D eigenvalue weighted by Gasteiger charge is -2.07. The molecule has 1 amide bonds. The molecule has 19 heavy (non-hydrogen) atoms. The molecule has 2 rings (SSSR count). The summed E-state index contributed by atoms with van der Waals surface area (Å²) in [5, 5.41) is 11.6. The minimum atomic E-state index is -0.986. The number of hydrogen-bond acceptors (Lipinski definition) is 3. The van der Waals surface area contributed by atoms with Crippen molar-refractivity contribution in [1.82, 2.24) is 4.98 Å². The van der Waals surface area contributed by atoms with Gasteiger partial charge in [0.15, 0.2) is 0 Å². The third-order valence-corrected chi connectivity index (χ3v) is 2.61. The van der Waals surface area contributed by atoms with Crippen LogP contribution in [0, 0.1) is 6.92 Å². The van der Waals surface area contributed by atoms with Gasteiger partial charge in [0.05, 0.1) is 5.56 Å². The van der Waals surface area contributed by atoms with E-state index >= 15 is 0 Å². The molecule has 2 aromatic rings. The fraction of sp³-hybridized carbons (Fsp3) is 0.0714. The zero-order valence-electron chi connectivity index (χ0n) is 10.3. The number of benzene rings is 1. The van der Waals surface area contributed by atoms with Crippen molar-refractivity contribution in [3.8, 4) is 0 Å². The number of anilines is 1. The van der Waals surface area contributed by atoms with E-state index in [0.717, 1.165) is 0 Å². The van der Waals surface area contributed by atoms with Crippen LogP contribution in [0.15, 0.2) is 42.6 Å². The summed E-state index contributed by atoms with van der Waals surface area (Å²) in [7, 11) is 0. The van der Waals surface area contributed by atoms with Crippen LogP contribution in [0.2, 0.25) is 0 Å². The highest BCUT2D eigenvalue weighted by Crippen LogP contribution is 2.15. The maximum atomic E-state index is 11.9. The van der Waals surface area contributed by atoms with Crippen LogP contribution in [-0.4, -0.2) is 22.0 Å². The average Bonchev–Trinajstić information content (AvgIpc) is 2.39. The maximum absolute atomic E-state index is 11.9. The lowest BCUT2D eigenvalue weighted by atomic mass is 10.1. The van der Waals surface area contributed by atoms with Gasteiger partial charge in [-0.3, -0.25) is 9.78 Å². The second-order valence-electron chi connectivity index (χ2n) is 4.00. The lowest BCUT2D eigenvalue weighted by Crippen LogP contribution is -2.13. The Bertz CT molecular complexity index is 624. The lowest BCUT2D eigenvalue weighted by molar-refractivity contribution is 0.0696. The minimum absolute atomic E-state index is 0.218. The molecule has 0 saturated carbocycles. The van der Waals surface area contributed by atoms with E-state index in [4.69, 9.17) is 5.11 Å². The predicted molar refractivity (Wildman–Crippen MR) is 70.3 cm³/mol. The summed E-state index contributed by atoms with van der Waals surface area (Å²) in [5.41, 5.74) is 1.66. The second-order valence-corrected chi connectivity index (χ2v) is 4.00. The first-order valence-corrected chi connectivity index (χ1v) is 5.64. The quantitative estimate of drug-likeness (QED) is 0.883. The highest BCUT2D eigenvalue weighted by Gasteiger charge is 2.10. The van der Waals surface area contributed by atoms with Gasteiger partial charge in [-0.25, -0.2) is 4.79 Å². The summed E-state index contributed by atoms with van der Waals surface area (Å²) >= 11 is 0. The Balaban J connectivity index is 2.19. The Kier molecular flexibility index (Phi) is 3.56. The van der Waals surface area contributed by atoms with Crippen molar-refractivity contribution in [3.05, 3.63) is 59.4 Å². The Hall–Kier alpha value is -2.69. The number of aryl methyl sites for hydroxylation is 1. The summed E-state index contributed by atoms with van der Waals surface area (Å²) in [6, 6.07) is 9.68.